The lowest BCUT2D eigenvalue weighted by molar-refractivity contribution is 0.224. The molecule has 0 aliphatic rings. The zero-order valence-electron chi connectivity index (χ0n) is 11.7. The van der Waals surface area contributed by atoms with Crippen LogP contribution in [0.25, 0.3) is 0 Å². The van der Waals surface area contributed by atoms with Gasteiger partial charge in [0.1, 0.15) is 0 Å². The highest BCUT2D eigenvalue weighted by molar-refractivity contribution is 5.89. The molecule has 0 fully saturated rings. The number of amides is 2. The van der Waals surface area contributed by atoms with Crippen molar-refractivity contribution in [2.24, 2.45) is 0 Å². The zero-order chi connectivity index (χ0) is 14.3. The van der Waals surface area contributed by atoms with E-state index in [2.05, 4.69) is 17.2 Å². The van der Waals surface area contributed by atoms with Crippen LogP contribution in [-0.4, -0.2) is 36.2 Å². The van der Waals surface area contributed by atoms with Crippen molar-refractivity contribution < 1.29 is 9.90 Å². The van der Waals surface area contributed by atoms with E-state index in [1.54, 1.807) is 11.9 Å². The summed E-state index contributed by atoms with van der Waals surface area (Å²) in [5, 5.41) is 11.5. The third-order valence-corrected chi connectivity index (χ3v) is 2.62. The minimum absolute atomic E-state index is 0.0592. The van der Waals surface area contributed by atoms with Gasteiger partial charge in [-0.3, -0.25) is 0 Å². The SMILES string of the molecule is CCN(C)C(=O)Nc1cc(C)cc(C#CCCO)c1. The van der Waals surface area contributed by atoms with Crippen LogP contribution in [0.15, 0.2) is 18.2 Å². The molecule has 102 valence electrons. The average molecular weight is 260 g/mol. The first-order valence-electron chi connectivity index (χ1n) is 6.30. The zero-order valence-corrected chi connectivity index (χ0v) is 11.7. The molecule has 0 aliphatic heterocycles. The first-order chi connectivity index (χ1) is 9.06. The first-order valence-corrected chi connectivity index (χ1v) is 6.30. The number of aryl methyl sites for hydroxylation is 1. The van der Waals surface area contributed by atoms with E-state index >= 15 is 0 Å². The topological polar surface area (TPSA) is 52.6 Å². The molecule has 0 heterocycles. The Balaban J connectivity index is 2.85. The second-order valence-electron chi connectivity index (χ2n) is 4.31. The number of nitrogens with one attached hydrogen (secondary N) is 1. The standard InChI is InChI=1S/C15H20N2O2/c1-4-17(3)15(19)16-14-10-12(2)9-13(11-14)7-5-6-8-18/h9-11,18H,4,6,8H2,1-3H3,(H,16,19). The average Bonchev–Trinajstić information content (AvgIpc) is 2.37. The lowest BCUT2D eigenvalue weighted by atomic mass is 10.1. The molecule has 1 aromatic rings. The summed E-state index contributed by atoms with van der Waals surface area (Å²) < 4.78 is 0. The van der Waals surface area contributed by atoms with Crippen molar-refractivity contribution in [2.45, 2.75) is 20.3 Å². The maximum absolute atomic E-state index is 11.8. The van der Waals surface area contributed by atoms with Crippen LogP contribution in [0.1, 0.15) is 24.5 Å². The smallest absolute Gasteiger partial charge is 0.321 e. The fourth-order valence-corrected chi connectivity index (χ4v) is 1.51. The summed E-state index contributed by atoms with van der Waals surface area (Å²) in [6.07, 6.45) is 0.453. The normalized spacial score (nSPS) is 9.47. The van der Waals surface area contributed by atoms with E-state index in [-0.39, 0.29) is 12.6 Å². The van der Waals surface area contributed by atoms with Crippen LogP contribution in [-0.2, 0) is 0 Å². The van der Waals surface area contributed by atoms with E-state index in [9.17, 15) is 4.79 Å². The van der Waals surface area contributed by atoms with E-state index in [1.165, 1.54) is 0 Å². The van der Waals surface area contributed by atoms with Gasteiger partial charge in [0.05, 0.1) is 6.61 Å². The molecule has 0 saturated heterocycles. The highest BCUT2D eigenvalue weighted by Crippen LogP contribution is 2.14. The number of anilines is 1. The Kier molecular flexibility index (Phi) is 5.91. The maximum Gasteiger partial charge on any atom is 0.321 e. The lowest BCUT2D eigenvalue weighted by Gasteiger charge is -2.15. The number of benzene rings is 1. The van der Waals surface area contributed by atoms with Gasteiger partial charge in [-0.05, 0) is 37.6 Å². The predicted octanol–water partition coefficient (Wildman–Crippen LogP) is 2.21. The number of carbonyl (C=O) groups is 1. The van der Waals surface area contributed by atoms with Crippen LogP contribution < -0.4 is 5.32 Å². The van der Waals surface area contributed by atoms with E-state index in [4.69, 9.17) is 5.11 Å². The van der Waals surface area contributed by atoms with Gasteiger partial charge in [0, 0.05) is 31.3 Å². The van der Waals surface area contributed by atoms with Gasteiger partial charge in [-0.25, -0.2) is 4.79 Å². The van der Waals surface area contributed by atoms with Gasteiger partial charge < -0.3 is 15.3 Å². The molecule has 4 nitrogen and oxygen atoms in total. The Morgan fingerprint density at radius 1 is 1.42 bits per heavy atom. The van der Waals surface area contributed by atoms with Gasteiger partial charge >= 0.3 is 6.03 Å². The van der Waals surface area contributed by atoms with Crippen molar-refractivity contribution in [3.05, 3.63) is 29.3 Å². The molecule has 1 rings (SSSR count). The summed E-state index contributed by atoms with van der Waals surface area (Å²) >= 11 is 0. The van der Waals surface area contributed by atoms with Crippen molar-refractivity contribution in [1.82, 2.24) is 4.90 Å². The summed E-state index contributed by atoms with van der Waals surface area (Å²) in [6.45, 7) is 4.59. The second-order valence-corrected chi connectivity index (χ2v) is 4.31. The number of aliphatic hydroxyl groups is 1. The number of aliphatic hydroxyl groups excluding tert-OH is 1. The fraction of sp³-hybridized carbons (Fsp3) is 0.400. The van der Waals surface area contributed by atoms with Crippen molar-refractivity contribution >= 4 is 11.7 Å². The maximum atomic E-state index is 11.8. The summed E-state index contributed by atoms with van der Waals surface area (Å²) in [7, 11) is 1.74. The minimum Gasteiger partial charge on any atom is -0.395 e. The van der Waals surface area contributed by atoms with Gasteiger partial charge in [-0.2, -0.15) is 0 Å². The molecule has 0 atom stereocenters. The van der Waals surface area contributed by atoms with Crippen LogP contribution >= 0.6 is 0 Å². The summed E-state index contributed by atoms with van der Waals surface area (Å²) in [6, 6.07) is 5.54. The molecular weight excluding hydrogens is 240 g/mol. The van der Waals surface area contributed by atoms with E-state index < -0.39 is 0 Å². The largest absolute Gasteiger partial charge is 0.395 e. The number of hydrogen-bond donors (Lipinski definition) is 2. The molecule has 4 heteroatoms. The monoisotopic (exact) mass is 260 g/mol. The molecule has 2 amide bonds. The number of carbonyl (C=O) groups excluding carboxylic acids is 1. The molecule has 0 radical (unpaired) electrons. The van der Waals surface area contributed by atoms with Crippen LogP contribution in [0, 0.1) is 18.8 Å². The molecular formula is C15H20N2O2. The third-order valence-electron chi connectivity index (χ3n) is 2.62. The Hall–Kier alpha value is -1.99. The third kappa shape index (κ3) is 5.02. The Labute approximate surface area is 114 Å². The first kappa shape index (κ1) is 15.1. The molecule has 0 aromatic heterocycles. The van der Waals surface area contributed by atoms with Gasteiger partial charge in [0.25, 0.3) is 0 Å². The lowest BCUT2D eigenvalue weighted by Crippen LogP contribution is -2.30. The Morgan fingerprint density at radius 3 is 2.79 bits per heavy atom. The van der Waals surface area contributed by atoms with Gasteiger partial charge in [-0.1, -0.05) is 11.8 Å². The van der Waals surface area contributed by atoms with Crippen molar-refractivity contribution in [3.63, 3.8) is 0 Å². The number of urea groups is 1. The summed E-state index contributed by atoms with van der Waals surface area (Å²) in [5.74, 6) is 5.84. The molecule has 0 bridgehead atoms. The van der Waals surface area contributed by atoms with Crippen LogP contribution in [0.5, 0.6) is 0 Å². The number of rotatable bonds is 3. The fourth-order valence-electron chi connectivity index (χ4n) is 1.51. The van der Waals surface area contributed by atoms with Crippen molar-refractivity contribution in [3.8, 4) is 11.8 Å². The summed E-state index contributed by atoms with van der Waals surface area (Å²) in [5.41, 5.74) is 2.60. The second kappa shape index (κ2) is 7.45. The molecule has 0 spiro atoms. The van der Waals surface area contributed by atoms with Crippen LogP contribution in [0.2, 0.25) is 0 Å². The number of hydrogen-bond acceptors (Lipinski definition) is 2. The molecule has 19 heavy (non-hydrogen) atoms. The molecule has 1 aromatic carbocycles. The molecule has 2 N–H and O–H groups in total. The molecule has 0 aliphatic carbocycles. The molecule has 0 unspecified atom stereocenters. The quantitative estimate of drug-likeness (QED) is 0.819. The number of nitrogens with zero attached hydrogens (tertiary/aromatic N) is 1. The Morgan fingerprint density at radius 2 is 2.16 bits per heavy atom. The van der Waals surface area contributed by atoms with E-state index in [1.807, 2.05) is 32.0 Å². The van der Waals surface area contributed by atoms with E-state index in [0.29, 0.717) is 13.0 Å². The molecule has 0 saturated carbocycles. The van der Waals surface area contributed by atoms with Crippen LogP contribution in [0.4, 0.5) is 10.5 Å². The van der Waals surface area contributed by atoms with Crippen LogP contribution in [0.3, 0.4) is 0 Å². The van der Waals surface area contributed by atoms with Crippen molar-refractivity contribution in [2.75, 3.05) is 25.5 Å². The predicted molar refractivity (Wildman–Crippen MR) is 77.1 cm³/mol. The highest BCUT2D eigenvalue weighted by atomic mass is 16.2. The highest BCUT2D eigenvalue weighted by Gasteiger charge is 2.06. The minimum atomic E-state index is -0.137. The summed E-state index contributed by atoms with van der Waals surface area (Å²) in [4.78, 5) is 13.4. The van der Waals surface area contributed by atoms with Gasteiger partial charge in [0.15, 0.2) is 0 Å². The van der Waals surface area contributed by atoms with Gasteiger partial charge in [0.2, 0.25) is 0 Å². The van der Waals surface area contributed by atoms with E-state index in [0.717, 1.165) is 16.8 Å². The van der Waals surface area contributed by atoms with Crippen molar-refractivity contribution in [1.29, 1.82) is 0 Å². The van der Waals surface area contributed by atoms with Gasteiger partial charge in [-0.15, -0.1) is 0 Å². The Bertz CT molecular complexity index is 501.